The minimum Gasteiger partial charge on any atom is -0.313 e. The van der Waals surface area contributed by atoms with Crippen LogP contribution in [0, 0.1) is 11.3 Å². The van der Waals surface area contributed by atoms with Gasteiger partial charge in [0.15, 0.2) is 0 Å². The third kappa shape index (κ3) is 4.00. The Bertz CT molecular complexity index is 137. The summed E-state index contributed by atoms with van der Waals surface area (Å²) in [6, 6.07) is 2.19. The summed E-state index contributed by atoms with van der Waals surface area (Å²) in [6.07, 6.45) is 4.83. The molecule has 2 nitrogen and oxygen atoms in total. The zero-order valence-corrected chi connectivity index (χ0v) is 7.56. The Morgan fingerprint density at radius 3 is 2.27 bits per heavy atom. The van der Waals surface area contributed by atoms with Crippen LogP contribution >= 0.6 is 0 Å². The largest absolute Gasteiger partial charge is 0.313 e. The van der Waals surface area contributed by atoms with Crippen molar-refractivity contribution in [3.8, 4) is 6.07 Å². The molecular formula is C9H18N2. The molecule has 2 heteroatoms. The Morgan fingerprint density at radius 1 is 1.27 bits per heavy atom. The number of hydrogen-bond donors (Lipinski definition) is 1. The quantitative estimate of drug-likeness (QED) is 0.660. The van der Waals surface area contributed by atoms with E-state index in [0.29, 0.717) is 0 Å². The predicted molar refractivity (Wildman–Crippen MR) is 47.0 cm³/mol. The number of rotatable bonds is 5. The summed E-state index contributed by atoms with van der Waals surface area (Å²) < 4.78 is 0. The molecule has 0 aliphatic heterocycles. The van der Waals surface area contributed by atoms with Gasteiger partial charge in [0, 0.05) is 0 Å². The van der Waals surface area contributed by atoms with Crippen molar-refractivity contribution < 1.29 is 0 Å². The van der Waals surface area contributed by atoms with E-state index in [1.165, 1.54) is 0 Å². The lowest BCUT2D eigenvalue weighted by molar-refractivity contribution is 0.440. The highest BCUT2D eigenvalue weighted by atomic mass is 14.7. The van der Waals surface area contributed by atoms with Gasteiger partial charge in [-0.05, 0) is 12.8 Å². The monoisotopic (exact) mass is 154 g/mol. The van der Waals surface area contributed by atoms with E-state index in [9.17, 15) is 0 Å². The molecule has 0 heterocycles. The molecular weight excluding hydrogens is 136 g/mol. The molecule has 0 spiro atoms. The van der Waals surface area contributed by atoms with E-state index in [1.54, 1.807) is 0 Å². The molecule has 0 saturated heterocycles. The van der Waals surface area contributed by atoms with Crippen molar-refractivity contribution in [3.63, 3.8) is 0 Å². The second-order valence-corrected chi connectivity index (χ2v) is 3.12. The Morgan fingerprint density at radius 2 is 1.91 bits per heavy atom. The molecule has 1 unspecified atom stereocenters. The van der Waals surface area contributed by atoms with Crippen LogP contribution in [-0.4, -0.2) is 5.54 Å². The summed E-state index contributed by atoms with van der Waals surface area (Å²) in [6.45, 7) is 4.18. The van der Waals surface area contributed by atoms with E-state index < -0.39 is 5.54 Å². The highest BCUT2D eigenvalue weighted by Gasteiger charge is 2.21. The minimum atomic E-state index is -0.551. The van der Waals surface area contributed by atoms with Crippen molar-refractivity contribution in [2.24, 2.45) is 5.73 Å². The number of nitrogens with zero attached hydrogens (tertiary/aromatic N) is 1. The summed E-state index contributed by atoms with van der Waals surface area (Å²) in [7, 11) is 0. The Labute approximate surface area is 69.4 Å². The topological polar surface area (TPSA) is 49.8 Å². The molecule has 2 N–H and O–H groups in total. The highest BCUT2D eigenvalue weighted by molar-refractivity contribution is 5.03. The lowest BCUT2D eigenvalue weighted by Gasteiger charge is -2.19. The highest BCUT2D eigenvalue weighted by Crippen LogP contribution is 2.16. The second-order valence-electron chi connectivity index (χ2n) is 3.12. The van der Waals surface area contributed by atoms with Crippen molar-refractivity contribution in [2.45, 2.75) is 51.5 Å². The van der Waals surface area contributed by atoms with E-state index in [4.69, 9.17) is 11.0 Å². The standard InChI is InChI=1S/C9H18N2/c1-3-5-7-9(11,8-10)6-4-2/h3-7,11H2,1-2H3. The van der Waals surface area contributed by atoms with E-state index in [1.807, 2.05) is 0 Å². The van der Waals surface area contributed by atoms with Crippen LogP contribution in [-0.2, 0) is 0 Å². The average molecular weight is 154 g/mol. The van der Waals surface area contributed by atoms with Crippen molar-refractivity contribution in [1.82, 2.24) is 0 Å². The zero-order chi connectivity index (χ0) is 8.74. The van der Waals surface area contributed by atoms with Gasteiger partial charge in [-0.2, -0.15) is 5.26 Å². The Hall–Kier alpha value is -0.550. The third-order valence-electron chi connectivity index (χ3n) is 1.90. The van der Waals surface area contributed by atoms with Gasteiger partial charge in [-0.25, -0.2) is 0 Å². The summed E-state index contributed by atoms with van der Waals surface area (Å²) >= 11 is 0. The molecule has 0 aromatic carbocycles. The van der Waals surface area contributed by atoms with E-state index in [-0.39, 0.29) is 0 Å². The summed E-state index contributed by atoms with van der Waals surface area (Å²) in [4.78, 5) is 0. The Kier molecular flexibility index (Phi) is 4.89. The number of nitriles is 1. The van der Waals surface area contributed by atoms with Gasteiger partial charge in [-0.1, -0.05) is 33.1 Å². The smallest absolute Gasteiger partial charge is 0.104 e. The number of hydrogen-bond acceptors (Lipinski definition) is 2. The zero-order valence-electron chi connectivity index (χ0n) is 7.56. The molecule has 0 amide bonds. The lowest BCUT2D eigenvalue weighted by atomic mass is 9.91. The fourth-order valence-corrected chi connectivity index (χ4v) is 1.18. The van der Waals surface area contributed by atoms with Gasteiger partial charge >= 0.3 is 0 Å². The van der Waals surface area contributed by atoms with Gasteiger partial charge in [0.1, 0.15) is 5.54 Å². The Balaban J connectivity index is 3.81. The first-order chi connectivity index (χ1) is 5.18. The summed E-state index contributed by atoms with van der Waals surface area (Å²) in [5.74, 6) is 0. The van der Waals surface area contributed by atoms with Crippen LogP contribution in [0.1, 0.15) is 46.0 Å². The number of nitrogens with two attached hydrogens (primary N) is 1. The van der Waals surface area contributed by atoms with Gasteiger partial charge in [-0.3, -0.25) is 0 Å². The van der Waals surface area contributed by atoms with Crippen LogP contribution in [0.4, 0.5) is 0 Å². The first-order valence-electron chi connectivity index (χ1n) is 4.38. The first kappa shape index (κ1) is 10.4. The molecule has 1 atom stereocenters. The van der Waals surface area contributed by atoms with E-state index >= 15 is 0 Å². The molecule has 0 fully saturated rings. The maximum absolute atomic E-state index is 8.77. The molecule has 0 aromatic rings. The molecule has 0 rings (SSSR count). The van der Waals surface area contributed by atoms with Gasteiger partial charge < -0.3 is 5.73 Å². The average Bonchev–Trinajstić information content (AvgIpc) is 2.02. The molecule has 0 bridgehead atoms. The SMILES string of the molecule is CCCCC(N)(C#N)CCC. The maximum atomic E-state index is 8.77. The molecule has 0 aliphatic rings. The van der Waals surface area contributed by atoms with Crippen LogP contribution in [0.15, 0.2) is 0 Å². The molecule has 64 valence electrons. The maximum Gasteiger partial charge on any atom is 0.104 e. The fraction of sp³-hybridized carbons (Fsp3) is 0.889. The minimum absolute atomic E-state index is 0.551. The first-order valence-corrected chi connectivity index (χ1v) is 4.38. The van der Waals surface area contributed by atoms with Crippen LogP contribution in [0.3, 0.4) is 0 Å². The van der Waals surface area contributed by atoms with Crippen molar-refractivity contribution in [1.29, 1.82) is 5.26 Å². The lowest BCUT2D eigenvalue weighted by Crippen LogP contribution is -2.37. The van der Waals surface area contributed by atoms with Gasteiger partial charge in [0.2, 0.25) is 0 Å². The predicted octanol–water partition coefficient (Wildman–Crippen LogP) is 2.20. The molecule has 0 radical (unpaired) electrons. The van der Waals surface area contributed by atoms with Crippen LogP contribution in [0.5, 0.6) is 0 Å². The second kappa shape index (κ2) is 5.15. The van der Waals surface area contributed by atoms with E-state index in [0.717, 1.165) is 32.1 Å². The molecule has 0 aromatic heterocycles. The fourth-order valence-electron chi connectivity index (χ4n) is 1.18. The van der Waals surface area contributed by atoms with Crippen molar-refractivity contribution in [3.05, 3.63) is 0 Å². The van der Waals surface area contributed by atoms with Gasteiger partial charge in [-0.15, -0.1) is 0 Å². The van der Waals surface area contributed by atoms with E-state index in [2.05, 4.69) is 19.9 Å². The van der Waals surface area contributed by atoms with Gasteiger partial charge in [0.25, 0.3) is 0 Å². The summed E-state index contributed by atoms with van der Waals surface area (Å²) in [5, 5.41) is 8.77. The van der Waals surface area contributed by atoms with Gasteiger partial charge in [0.05, 0.1) is 6.07 Å². The number of unbranched alkanes of at least 4 members (excludes halogenated alkanes) is 1. The van der Waals surface area contributed by atoms with Crippen molar-refractivity contribution >= 4 is 0 Å². The molecule has 11 heavy (non-hydrogen) atoms. The van der Waals surface area contributed by atoms with Crippen LogP contribution in [0.2, 0.25) is 0 Å². The molecule has 0 saturated carbocycles. The molecule has 0 aliphatic carbocycles. The third-order valence-corrected chi connectivity index (χ3v) is 1.90. The van der Waals surface area contributed by atoms with Crippen LogP contribution in [0.25, 0.3) is 0 Å². The summed E-state index contributed by atoms with van der Waals surface area (Å²) in [5.41, 5.74) is 5.28. The normalized spacial score (nSPS) is 15.5. The van der Waals surface area contributed by atoms with Crippen molar-refractivity contribution in [2.75, 3.05) is 0 Å². The van der Waals surface area contributed by atoms with Crippen LogP contribution < -0.4 is 5.73 Å².